The molecule has 2 rings (SSSR count). The SMILES string of the molecule is C=COc1ccc2c(c1)C(=O)C(OC#CC)C2=O. The highest BCUT2D eigenvalue weighted by molar-refractivity contribution is 6.28. The van der Waals surface area contributed by atoms with Gasteiger partial charge in [0.2, 0.25) is 17.7 Å². The monoisotopic (exact) mass is 242 g/mol. The molecule has 1 atom stereocenters. The van der Waals surface area contributed by atoms with Crippen LogP contribution >= 0.6 is 0 Å². The van der Waals surface area contributed by atoms with Crippen molar-refractivity contribution in [3.05, 3.63) is 42.2 Å². The van der Waals surface area contributed by atoms with Crippen molar-refractivity contribution in [2.45, 2.75) is 13.0 Å². The molecule has 0 saturated carbocycles. The van der Waals surface area contributed by atoms with Crippen LogP contribution < -0.4 is 4.74 Å². The summed E-state index contributed by atoms with van der Waals surface area (Å²) < 4.78 is 10.0. The fourth-order valence-corrected chi connectivity index (χ4v) is 1.74. The third-order valence-electron chi connectivity index (χ3n) is 2.50. The fourth-order valence-electron chi connectivity index (χ4n) is 1.74. The summed E-state index contributed by atoms with van der Waals surface area (Å²) >= 11 is 0. The molecular weight excluding hydrogens is 232 g/mol. The minimum atomic E-state index is -1.16. The van der Waals surface area contributed by atoms with Crippen molar-refractivity contribution < 1.29 is 19.1 Å². The molecule has 0 aliphatic heterocycles. The number of hydrogen-bond acceptors (Lipinski definition) is 4. The lowest BCUT2D eigenvalue weighted by Crippen LogP contribution is -2.23. The van der Waals surface area contributed by atoms with Gasteiger partial charge in [-0.3, -0.25) is 9.59 Å². The second-order valence-corrected chi connectivity index (χ2v) is 3.57. The smallest absolute Gasteiger partial charge is 0.235 e. The molecule has 1 unspecified atom stereocenters. The summed E-state index contributed by atoms with van der Waals surface area (Å²) in [6, 6.07) is 4.64. The number of rotatable bonds is 3. The van der Waals surface area contributed by atoms with Gasteiger partial charge in [0.25, 0.3) is 0 Å². The maximum atomic E-state index is 12.0. The van der Waals surface area contributed by atoms with E-state index in [4.69, 9.17) is 9.47 Å². The molecule has 0 radical (unpaired) electrons. The van der Waals surface area contributed by atoms with E-state index in [1.165, 1.54) is 18.4 Å². The Labute approximate surface area is 104 Å². The molecule has 1 aliphatic carbocycles. The Kier molecular flexibility index (Phi) is 3.16. The Bertz CT molecular complexity index is 590. The largest absolute Gasteiger partial charge is 0.466 e. The molecule has 1 aromatic rings. The van der Waals surface area contributed by atoms with E-state index >= 15 is 0 Å². The van der Waals surface area contributed by atoms with Crippen LogP contribution in [-0.2, 0) is 4.74 Å². The van der Waals surface area contributed by atoms with Crippen molar-refractivity contribution in [1.82, 2.24) is 0 Å². The van der Waals surface area contributed by atoms with Gasteiger partial charge in [0, 0.05) is 18.1 Å². The lowest BCUT2D eigenvalue weighted by atomic mass is 10.1. The Morgan fingerprint density at radius 2 is 2.00 bits per heavy atom. The van der Waals surface area contributed by atoms with Crippen molar-refractivity contribution >= 4 is 11.6 Å². The average Bonchev–Trinajstić information content (AvgIpc) is 2.60. The Morgan fingerprint density at radius 3 is 2.67 bits per heavy atom. The highest BCUT2D eigenvalue weighted by Crippen LogP contribution is 2.28. The van der Waals surface area contributed by atoms with E-state index < -0.39 is 11.9 Å². The van der Waals surface area contributed by atoms with E-state index in [9.17, 15) is 9.59 Å². The highest BCUT2D eigenvalue weighted by Gasteiger charge is 2.40. The van der Waals surface area contributed by atoms with Gasteiger partial charge < -0.3 is 9.47 Å². The minimum Gasteiger partial charge on any atom is -0.466 e. The predicted octanol–water partition coefficient (Wildman–Crippen LogP) is 1.95. The number of fused-ring (bicyclic) bond motifs is 1. The van der Waals surface area contributed by atoms with Crippen LogP contribution in [0.5, 0.6) is 5.75 Å². The van der Waals surface area contributed by atoms with Crippen molar-refractivity contribution in [1.29, 1.82) is 0 Å². The molecule has 18 heavy (non-hydrogen) atoms. The number of benzene rings is 1. The van der Waals surface area contributed by atoms with Crippen molar-refractivity contribution in [2.24, 2.45) is 0 Å². The number of ketones is 2. The molecule has 0 saturated heterocycles. The number of Topliss-reactive ketones (excluding diaryl/α,β-unsaturated/α-hetero) is 2. The first kappa shape index (κ1) is 11.9. The average molecular weight is 242 g/mol. The molecule has 0 fully saturated rings. The highest BCUT2D eigenvalue weighted by atomic mass is 16.5. The molecule has 0 heterocycles. The van der Waals surface area contributed by atoms with E-state index in [1.54, 1.807) is 13.0 Å². The summed E-state index contributed by atoms with van der Waals surface area (Å²) in [5, 5.41) is 0. The molecule has 90 valence electrons. The van der Waals surface area contributed by atoms with Crippen molar-refractivity contribution in [3.63, 3.8) is 0 Å². The lowest BCUT2D eigenvalue weighted by molar-refractivity contribution is 0.0659. The van der Waals surface area contributed by atoms with Crippen LogP contribution in [0.25, 0.3) is 0 Å². The van der Waals surface area contributed by atoms with E-state index in [-0.39, 0.29) is 5.78 Å². The molecular formula is C14H10O4. The van der Waals surface area contributed by atoms with Gasteiger partial charge in [-0.2, -0.15) is 0 Å². The Balaban J connectivity index is 2.38. The maximum Gasteiger partial charge on any atom is 0.235 e. The molecule has 1 aromatic carbocycles. The molecule has 4 heteroatoms. The molecule has 0 amide bonds. The van der Waals surface area contributed by atoms with Crippen LogP contribution in [0.1, 0.15) is 27.6 Å². The van der Waals surface area contributed by atoms with Crippen LogP contribution in [0, 0.1) is 12.0 Å². The molecule has 0 spiro atoms. The summed E-state index contributed by atoms with van der Waals surface area (Å²) in [4.78, 5) is 23.9. The predicted molar refractivity (Wildman–Crippen MR) is 64.3 cm³/mol. The Hall–Kier alpha value is -2.54. The second-order valence-electron chi connectivity index (χ2n) is 3.57. The van der Waals surface area contributed by atoms with Gasteiger partial charge in [0.15, 0.2) is 0 Å². The summed E-state index contributed by atoms with van der Waals surface area (Å²) in [6.07, 6.45) is 2.38. The summed E-state index contributed by atoms with van der Waals surface area (Å²) in [5.41, 5.74) is 0.626. The molecule has 4 nitrogen and oxygen atoms in total. The van der Waals surface area contributed by atoms with Crippen LogP contribution in [0.3, 0.4) is 0 Å². The number of ether oxygens (including phenoxy) is 2. The topological polar surface area (TPSA) is 52.6 Å². The van der Waals surface area contributed by atoms with E-state index in [1.807, 2.05) is 0 Å². The standard InChI is InChI=1S/C14H10O4/c1-3-7-18-14-12(15)10-6-5-9(17-4-2)8-11(10)13(14)16/h4-6,8,14H,2H2,1H3. The molecule has 1 aliphatic rings. The first-order valence-electron chi connectivity index (χ1n) is 5.26. The van der Waals surface area contributed by atoms with Gasteiger partial charge in [0.1, 0.15) is 11.9 Å². The number of carbonyl (C=O) groups is 2. The van der Waals surface area contributed by atoms with Crippen LogP contribution in [0.4, 0.5) is 0 Å². The quantitative estimate of drug-likeness (QED) is 0.462. The summed E-state index contributed by atoms with van der Waals surface area (Å²) in [6.45, 7) is 4.98. The molecule has 0 aromatic heterocycles. The Morgan fingerprint density at radius 1 is 1.28 bits per heavy atom. The zero-order valence-electron chi connectivity index (χ0n) is 9.73. The van der Waals surface area contributed by atoms with Crippen molar-refractivity contribution in [2.75, 3.05) is 0 Å². The third kappa shape index (κ3) is 1.87. The first-order chi connectivity index (χ1) is 8.69. The van der Waals surface area contributed by atoms with Gasteiger partial charge in [-0.25, -0.2) is 0 Å². The van der Waals surface area contributed by atoms with Gasteiger partial charge >= 0.3 is 0 Å². The maximum absolute atomic E-state index is 12.0. The van der Waals surface area contributed by atoms with E-state index in [0.717, 1.165) is 0 Å². The molecule has 0 N–H and O–H groups in total. The molecule has 0 bridgehead atoms. The second kappa shape index (κ2) is 4.76. The lowest BCUT2D eigenvalue weighted by Gasteiger charge is -2.02. The van der Waals surface area contributed by atoms with Gasteiger partial charge in [0.05, 0.1) is 6.26 Å². The number of hydrogen-bond donors (Lipinski definition) is 0. The van der Waals surface area contributed by atoms with E-state index in [2.05, 4.69) is 18.6 Å². The van der Waals surface area contributed by atoms with Gasteiger partial charge in [-0.1, -0.05) is 12.5 Å². The van der Waals surface area contributed by atoms with Gasteiger partial charge in [-0.05, 0) is 18.2 Å². The van der Waals surface area contributed by atoms with Crippen molar-refractivity contribution in [3.8, 4) is 17.8 Å². The fraction of sp³-hybridized carbons (Fsp3) is 0.143. The summed E-state index contributed by atoms with van der Waals surface area (Å²) in [5.74, 6) is 2.16. The minimum absolute atomic E-state index is 0.294. The van der Waals surface area contributed by atoms with Crippen LogP contribution in [0.15, 0.2) is 31.0 Å². The van der Waals surface area contributed by atoms with Crippen LogP contribution in [-0.4, -0.2) is 17.7 Å². The normalized spacial score (nSPS) is 16.6. The number of carbonyl (C=O) groups excluding carboxylic acids is 2. The van der Waals surface area contributed by atoms with E-state index in [0.29, 0.717) is 16.9 Å². The zero-order chi connectivity index (χ0) is 13.1. The zero-order valence-corrected chi connectivity index (χ0v) is 9.73. The van der Waals surface area contributed by atoms with Crippen LogP contribution in [0.2, 0.25) is 0 Å². The third-order valence-corrected chi connectivity index (χ3v) is 2.50. The first-order valence-corrected chi connectivity index (χ1v) is 5.26. The summed E-state index contributed by atoms with van der Waals surface area (Å²) in [7, 11) is 0. The van der Waals surface area contributed by atoms with Gasteiger partial charge in [-0.15, -0.1) is 0 Å².